The van der Waals surface area contributed by atoms with Gasteiger partial charge in [0, 0.05) is 12.1 Å². The molecule has 0 amide bonds. The van der Waals surface area contributed by atoms with E-state index < -0.39 is 0 Å². The van der Waals surface area contributed by atoms with Crippen LogP contribution in [0.5, 0.6) is 0 Å². The van der Waals surface area contributed by atoms with Gasteiger partial charge in [-0.3, -0.25) is 4.57 Å². The van der Waals surface area contributed by atoms with Crippen molar-refractivity contribution >= 4 is 17.5 Å². The van der Waals surface area contributed by atoms with E-state index in [1.807, 2.05) is 4.57 Å². The quantitative estimate of drug-likeness (QED) is 0.837. The topological polar surface area (TPSA) is 29.9 Å². The summed E-state index contributed by atoms with van der Waals surface area (Å²) < 4.78 is 2.03. The second kappa shape index (κ2) is 3.81. The number of aromatic nitrogens is 2. The lowest BCUT2D eigenvalue weighted by Crippen LogP contribution is -2.28. The van der Waals surface area contributed by atoms with Crippen LogP contribution < -0.4 is 5.32 Å². The lowest BCUT2D eigenvalue weighted by molar-refractivity contribution is 0.439. The SMILES string of the molecule is CC(C)n1c(Cl)cnc1NC1CCC1. The maximum atomic E-state index is 6.05. The second-order valence-corrected chi connectivity index (χ2v) is 4.53. The number of hydrogen-bond donors (Lipinski definition) is 1. The molecule has 1 saturated carbocycles. The molecule has 1 heterocycles. The van der Waals surface area contributed by atoms with Gasteiger partial charge < -0.3 is 5.32 Å². The Kier molecular flexibility index (Phi) is 2.68. The van der Waals surface area contributed by atoms with Gasteiger partial charge in [0.2, 0.25) is 5.95 Å². The van der Waals surface area contributed by atoms with E-state index in [9.17, 15) is 0 Å². The van der Waals surface area contributed by atoms with E-state index in [-0.39, 0.29) is 0 Å². The summed E-state index contributed by atoms with van der Waals surface area (Å²) in [7, 11) is 0. The minimum Gasteiger partial charge on any atom is -0.353 e. The van der Waals surface area contributed by atoms with Gasteiger partial charge in [0.1, 0.15) is 5.15 Å². The standard InChI is InChI=1S/C10H16ClN3/c1-7(2)14-9(11)6-12-10(14)13-8-4-3-5-8/h6-8H,3-5H2,1-2H3,(H,12,13). The van der Waals surface area contributed by atoms with Gasteiger partial charge >= 0.3 is 0 Å². The Morgan fingerprint density at radius 2 is 2.29 bits per heavy atom. The largest absolute Gasteiger partial charge is 0.353 e. The van der Waals surface area contributed by atoms with Gasteiger partial charge in [-0.1, -0.05) is 11.6 Å². The van der Waals surface area contributed by atoms with E-state index >= 15 is 0 Å². The van der Waals surface area contributed by atoms with Crippen molar-refractivity contribution < 1.29 is 0 Å². The van der Waals surface area contributed by atoms with Crippen molar-refractivity contribution in [3.63, 3.8) is 0 Å². The van der Waals surface area contributed by atoms with E-state index in [0.717, 1.165) is 5.95 Å². The summed E-state index contributed by atoms with van der Waals surface area (Å²) in [6.45, 7) is 4.22. The molecule has 14 heavy (non-hydrogen) atoms. The summed E-state index contributed by atoms with van der Waals surface area (Å²) in [6, 6.07) is 0.957. The summed E-state index contributed by atoms with van der Waals surface area (Å²) in [5, 5.41) is 4.13. The molecule has 78 valence electrons. The van der Waals surface area contributed by atoms with Crippen molar-refractivity contribution in [2.75, 3.05) is 5.32 Å². The van der Waals surface area contributed by atoms with E-state index in [2.05, 4.69) is 24.1 Å². The third-order valence-corrected chi connectivity index (χ3v) is 2.99. The molecule has 2 rings (SSSR count). The molecule has 1 fully saturated rings. The van der Waals surface area contributed by atoms with Crippen molar-refractivity contribution in [1.82, 2.24) is 9.55 Å². The normalized spacial score (nSPS) is 17.1. The number of nitrogens with one attached hydrogen (secondary N) is 1. The van der Waals surface area contributed by atoms with Crippen LogP contribution in [0, 0.1) is 0 Å². The average Bonchev–Trinajstić information content (AvgIpc) is 2.39. The fourth-order valence-corrected chi connectivity index (χ4v) is 2.00. The molecule has 1 aromatic heterocycles. The van der Waals surface area contributed by atoms with Crippen LogP contribution in [0.25, 0.3) is 0 Å². The molecule has 0 saturated heterocycles. The summed E-state index contributed by atoms with van der Waals surface area (Å²) in [6.07, 6.45) is 5.54. The van der Waals surface area contributed by atoms with Crippen LogP contribution in [0.15, 0.2) is 6.20 Å². The fraction of sp³-hybridized carbons (Fsp3) is 0.700. The van der Waals surface area contributed by atoms with Crippen molar-refractivity contribution in [1.29, 1.82) is 0 Å². The third kappa shape index (κ3) is 1.73. The molecule has 0 aliphatic heterocycles. The first kappa shape index (κ1) is 9.84. The third-order valence-electron chi connectivity index (χ3n) is 2.71. The maximum absolute atomic E-state index is 6.05. The Morgan fingerprint density at radius 3 is 2.79 bits per heavy atom. The minimum absolute atomic E-state index is 0.354. The van der Waals surface area contributed by atoms with Crippen LogP contribution in [0.3, 0.4) is 0 Å². The molecule has 1 aromatic rings. The Hall–Kier alpha value is -0.700. The average molecular weight is 214 g/mol. The molecule has 1 N–H and O–H groups in total. The summed E-state index contributed by atoms with van der Waals surface area (Å²) in [5.41, 5.74) is 0. The van der Waals surface area contributed by atoms with Gasteiger partial charge in [0.15, 0.2) is 0 Å². The first-order valence-electron chi connectivity index (χ1n) is 5.17. The summed E-state index contributed by atoms with van der Waals surface area (Å²) >= 11 is 6.05. The van der Waals surface area contributed by atoms with Crippen molar-refractivity contribution in [3.8, 4) is 0 Å². The molecule has 0 unspecified atom stereocenters. The lowest BCUT2D eigenvalue weighted by Gasteiger charge is -2.27. The molecule has 3 nitrogen and oxygen atoms in total. The van der Waals surface area contributed by atoms with Crippen molar-refractivity contribution in [2.45, 2.75) is 45.2 Å². The molecule has 1 aliphatic carbocycles. The van der Waals surface area contributed by atoms with Gasteiger partial charge in [0.25, 0.3) is 0 Å². The highest BCUT2D eigenvalue weighted by atomic mass is 35.5. The number of hydrogen-bond acceptors (Lipinski definition) is 2. The Bertz CT molecular complexity index is 315. The number of nitrogens with zero attached hydrogens (tertiary/aromatic N) is 2. The van der Waals surface area contributed by atoms with Gasteiger partial charge in [-0.25, -0.2) is 4.98 Å². The zero-order chi connectivity index (χ0) is 10.1. The Morgan fingerprint density at radius 1 is 1.57 bits per heavy atom. The van der Waals surface area contributed by atoms with Crippen LogP contribution in [0.1, 0.15) is 39.2 Å². The van der Waals surface area contributed by atoms with Crippen LogP contribution >= 0.6 is 11.6 Å². The van der Waals surface area contributed by atoms with Crippen LogP contribution in [0.4, 0.5) is 5.95 Å². The van der Waals surface area contributed by atoms with Crippen LogP contribution in [0.2, 0.25) is 5.15 Å². The number of imidazole rings is 1. The fourth-order valence-electron chi connectivity index (χ4n) is 1.67. The van der Waals surface area contributed by atoms with E-state index in [1.165, 1.54) is 19.3 Å². The van der Waals surface area contributed by atoms with Crippen molar-refractivity contribution in [3.05, 3.63) is 11.3 Å². The highest BCUT2D eigenvalue weighted by molar-refractivity contribution is 6.29. The van der Waals surface area contributed by atoms with Gasteiger partial charge in [-0.15, -0.1) is 0 Å². The molecule has 0 bridgehead atoms. The molecule has 1 aliphatic rings. The number of halogens is 1. The van der Waals surface area contributed by atoms with Gasteiger partial charge in [-0.05, 0) is 33.1 Å². The van der Waals surface area contributed by atoms with Gasteiger partial charge in [-0.2, -0.15) is 0 Å². The van der Waals surface area contributed by atoms with Crippen molar-refractivity contribution in [2.24, 2.45) is 0 Å². The number of anilines is 1. The summed E-state index contributed by atoms with van der Waals surface area (Å²) in [5.74, 6) is 0.912. The van der Waals surface area contributed by atoms with E-state index in [4.69, 9.17) is 11.6 Å². The predicted octanol–water partition coefficient (Wildman–Crippen LogP) is 3.08. The maximum Gasteiger partial charge on any atom is 0.204 e. The predicted molar refractivity (Wildman–Crippen MR) is 58.9 cm³/mol. The highest BCUT2D eigenvalue weighted by Gasteiger charge is 2.20. The minimum atomic E-state index is 0.354. The zero-order valence-corrected chi connectivity index (χ0v) is 9.38. The Labute approximate surface area is 89.5 Å². The molecular weight excluding hydrogens is 198 g/mol. The van der Waals surface area contributed by atoms with E-state index in [0.29, 0.717) is 17.2 Å². The molecule has 0 aromatic carbocycles. The number of rotatable bonds is 3. The molecule has 0 atom stereocenters. The first-order valence-corrected chi connectivity index (χ1v) is 5.55. The molecule has 0 spiro atoms. The Balaban J connectivity index is 2.15. The highest BCUT2D eigenvalue weighted by Crippen LogP contribution is 2.26. The monoisotopic (exact) mass is 213 g/mol. The smallest absolute Gasteiger partial charge is 0.204 e. The second-order valence-electron chi connectivity index (χ2n) is 4.14. The first-order chi connectivity index (χ1) is 6.68. The lowest BCUT2D eigenvalue weighted by atomic mass is 9.93. The summed E-state index contributed by atoms with van der Waals surface area (Å²) in [4.78, 5) is 4.28. The molecule has 0 radical (unpaired) electrons. The van der Waals surface area contributed by atoms with E-state index in [1.54, 1.807) is 6.20 Å². The van der Waals surface area contributed by atoms with Crippen LogP contribution in [-0.4, -0.2) is 15.6 Å². The molecular formula is C10H16ClN3. The zero-order valence-electron chi connectivity index (χ0n) is 8.63. The van der Waals surface area contributed by atoms with Crippen LogP contribution in [-0.2, 0) is 0 Å². The van der Waals surface area contributed by atoms with Gasteiger partial charge in [0.05, 0.1) is 6.20 Å². The molecule has 4 heteroatoms.